The van der Waals surface area contributed by atoms with E-state index in [0.717, 1.165) is 5.92 Å². The highest BCUT2D eigenvalue weighted by Gasteiger charge is 2.07. The van der Waals surface area contributed by atoms with Crippen LogP contribution in [0.1, 0.15) is 40.0 Å². The molecule has 0 aliphatic heterocycles. The lowest BCUT2D eigenvalue weighted by molar-refractivity contribution is 0.668. The lowest BCUT2D eigenvalue weighted by atomic mass is 9.90. The van der Waals surface area contributed by atoms with E-state index < -0.39 is 0 Å². The molecular formula is C11H18. The smallest absolute Gasteiger partial charge is 0.0219 e. The minimum atomic E-state index is 0.765. The lowest BCUT2D eigenvalue weighted by Gasteiger charge is -2.16. The molecule has 1 unspecified atom stereocenters. The summed E-state index contributed by atoms with van der Waals surface area (Å²) in [7, 11) is 0. The highest BCUT2D eigenvalue weighted by Crippen LogP contribution is 2.24. The van der Waals surface area contributed by atoms with E-state index in [1.807, 2.05) is 0 Å². The van der Waals surface area contributed by atoms with Gasteiger partial charge < -0.3 is 0 Å². The van der Waals surface area contributed by atoms with E-state index in [4.69, 9.17) is 0 Å². The van der Waals surface area contributed by atoms with Crippen LogP contribution in [0.25, 0.3) is 0 Å². The molecule has 0 heterocycles. The van der Waals surface area contributed by atoms with E-state index in [1.54, 1.807) is 5.57 Å². The molecule has 1 atom stereocenters. The monoisotopic (exact) mass is 150 g/mol. The van der Waals surface area contributed by atoms with Crippen LogP contribution in [-0.2, 0) is 0 Å². The molecule has 0 aromatic heterocycles. The van der Waals surface area contributed by atoms with Gasteiger partial charge in [0.15, 0.2) is 0 Å². The van der Waals surface area contributed by atoms with Gasteiger partial charge in [0.25, 0.3) is 0 Å². The largest absolute Gasteiger partial charge is 0.0784 e. The average molecular weight is 150 g/mol. The fourth-order valence-electron chi connectivity index (χ4n) is 1.85. The summed E-state index contributed by atoms with van der Waals surface area (Å²) in [6, 6.07) is 0. The predicted octanol–water partition coefficient (Wildman–Crippen LogP) is 3.70. The van der Waals surface area contributed by atoms with E-state index in [-0.39, 0.29) is 0 Å². The third-order valence-corrected chi connectivity index (χ3v) is 2.13. The summed E-state index contributed by atoms with van der Waals surface area (Å²) in [4.78, 5) is 0. The molecule has 1 rings (SSSR count). The standard InChI is InChI=1S/C11H18/c1-4-5-11-7-9(2)6-10(3)8-11/h6-7,10H,4-5,8H2,1-3H3. The summed E-state index contributed by atoms with van der Waals surface area (Å²) < 4.78 is 0. The van der Waals surface area contributed by atoms with Crippen LogP contribution in [0.4, 0.5) is 0 Å². The topological polar surface area (TPSA) is 0 Å². The van der Waals surface area contributed by atoms with Gasteiger partial charge in [-0.25, -0.2) is 0 Å². The number of rotatable bonds is 2. The maximum absolute atomic E-state index is 2.36. The van der Waals surface area contributed by atoms with Crippen molar-refractivity contribution in [1.29, 1.82) is 0 Å². The molecule has 1 aliphatic carbocycles. The Bertz CT molecular complexity index is 184. The van der Waals surface area contributed by atoms with Crippen molar-refractivity contribution < 1.29 is 0 Å². The second kappa shape index (κ2) is 3.75. The van der Waals surface area contributed by atoms with Crippen LogP contribution in [0, 0.1) is 5.92 Å². The molecule has 0 bridgehead atoms. The first-order valence-electron chi connectivity index (χ1n) is 4.60. The highest BCUT2D eigenvalue weighted by molar-refractivity contribution is 5.27. The Labute approximate surface area is 70.0 Å². The van der Waals surface area contributed by atoms with Gasteiger partial charge in [-0.1, -0.05) is 43.6 Å². The van der Waals surface area contributed by atoms with Gasteiger partial charge in [0.05, 0.1) is 0 Å². The maximum Gasteiger partial charge on any atom is -0.0219 e. The minimum absolute atomic E-state index is 0.765. The zero-order valence-electron chi connectivity index (χ0n) is 7.85. The van der Waals surface area contributed by atoms with Gasteiger partial charge >= 0.3 is 0 Å². The average Bonchev–Trinajstić information content (AvgIpc) is 1.85. The normalized spacial score (nSPS) is 24.5. The van der Waals surface area contributed by atoms with Crippen molar-refractivity contribution in [2.75, 3.05) is 0 Å². The summed E-state index contributed by atoms with van der Waals surface area (Å²) in [5.74, 6) is 0.765. The summed E-state index contributed by atoms with van der Waals surface area (Å²) in [5.41, 5.74) is 3.09. The van der Waals surface area contributed by atoms with Crippen LogP contribution in [0.15, 0.2) is 23.3 Å². The molecule has 0 N–H and O–H groups in total. The molecule has 0 fully saturated rings. The zero-order valence-corrected chi connectivity index (χ0v) is 7.85. The summed E-state index contributed by atoms with van der Waals surface area (Å²) in [5, 5.41) is 0. The van der Waals surface area contributed by atoms with Gasteiger partial charge in [-0.2, -0.15) is 0 Å². The molecule has 0 nitrogen and oxygen atoms in total. The second-order valence-corrected chi connectivity index (χ2v) is 3.64. The van der Waals surface area contributed by atoms with Gasteiger partial charge in [-0.15, -0.1) is 0 Å². The summed E-state index contributed by atoms with van der Waals surface area (Å²) >= 11 is 0. The first-order chi connectivity index (χ1) is 5.22. The Morgan fingerprint density at radius 3 is 2.82 bits per heavy atom. The number of allylic oxidation sites excluding steroid dienone is 4. The van der Waals surface area contributed by atoms with Crippen molar-refractivity contribution in [1.82, 2.24) is 0 Å². The van der Waals surface area contributed by atoms with Crippen LogP contribution in [0.3, 0.4) is 0 Å². The van der Waals surface area contributed by atoms with Gasteiger partial charge in [0, 0.05) is 0 Å². The molecule has 0 aromatic rings. The minimum Gasteiger partial charge on any atom is -0.0784 e. The van der Waals surface area contributed by atoms with Gasteiger partial charge in [-0.05, 0) is 25.7 Å². The van der Waals surface area contributed by atoms with Crippen LogP contribution in [0.5, 0.6) is 0 Å². The van der Waals surface area contributed by atoms with E-state index >= 15 is 0 Å². The lowest BCUT2D eigenvalue weighted by Crippen LogP contribution is -1.99. The Morgan fingerprint density at radius 1 is 1.55 bits per heavy atom. The van der Waals surface area contributed by atoms with Crippen LogP contribution >= 0.6 is 0 Å². The number of hydrogen-bond donors (Lipinski definition) is 0. The van der Waals surface area contributed by atoms with Crippen molar-refractivity contribution in [3.05, 3.63) is 23.3 Å². The highest BCUT2D eigenvalue weighted by atomic mass is 14.1. The van der Waals surface area contributed by atoms with Gasteiger partial charge in [0.2, 0.25) is 0 Å². The Morgan fingerprint density at radius 2 is 2.27 bits per heavy atom. The van der Waals surface area contributed by atoms with E-state index in [9.17, 15) is 0 Å². The molecule has 0 saturated carbocycles. The second-order valence-electron chi connectivity index (χ2n) is 3.64. The van der Waals surface area contributed by atoms with Crippen molar-refractivity contribution in [2.24, 2.45) is 5.92 Å². The molecule has 1 aliphatic rings. The molecule has 0 spiro atoms. The Balaban J connectivity index is 2.60. The van der Waals surface area contributed by atoms with Crippen LogP contribution in [0.2, 0.25) is 0 Å². The molecule has 11 heavy (non-hydrogen) atoms. The van der Waals surface area contributed by atoms with E-state index in [1.165, 1.54) is 24.8 Å². The molecule has 0 aromatic carbocycles. The number of hydrogen-bond acceptors (Lipinski definition) is 0. The predicted molar refractivity (Wildman–Crippen MR) is 50.5 cm³/mol. The third-order valence-electron chi connectivity index (χ3n) is 2.13. The van der Waals surface area contributed by atoms with Crippen molar-refractivity contribution in [2.45, 2.75) is 40.0 Å². The van der Waals surface area contributed by atoms with Crippen LogP contribution < -0.4 is 0 Å². The summed E-state index contributed by atoms with van der Waals surface area (Å²) in [6.45, 7) is 6.75. The van der Waals surface area contributed by atoms with Crippen molar-refractivity contribution in [3.63, 3.8) is 0 Å². The molecule has 62 valence electrons. The fraction of sp³-hybridized carbons (Fsp3) is 0.636. The molecule has 0 heteroatoms. The Hall–Kier alpha value is -0.520. The quantitative estimate of drug-likeness (QED) is 0.563. The fourth-order valence-corrected chi connectivity index (χ4v) is 1.85. The van der Waals surface area contributed by atoms with E-state index in [2.05, 4.69) is 32.9 Å². The SMILES string of the molecule is CCCC1=CC(C)=CC(C)C1. The van der Waals surface area contributed by atoms with Crippen molar-refractivity contribution >= 4 is 0 Å². The first-order valence-corrected chi connectivity index (χ1v) is 4.60. The Kier molecular flexibility index (Phi) is 2.92. The third kappa shape index (κ3) is 2.53. The van der Waals surface area contributed by atoms with Gasteiger partial charge in [0.1, 0.15) is 0 Å². The molecule has 0 amide bonds. The zero-order chi connectivity index (χ0) is 8.27. The molecule has 0 saturated heterocycles. The van der Waals surface area contributed by atoms with Crippen molar-refractivity contribution in [3.8, 4) is 0 Å². The summed E-state index contributed by atoms with van der Waals surface area (Å²) in [6.07, 6.45) is 8.56. The van der Waals surface area contributed by atoms with Gasteiger partial charge in [-0.3, -0.25) is 0 Å². The van der Waals surface area contributed by atoms with Crippen LogP contribution in [-0.4, -0.2) is 0 Å². The first kappa shape index (κ1) is 8.58. The molecular weight excluding hydrogens is 132 g/mol. The molecule has 0 radical (unpaired) electrons. The van der Waals surface area contributed by atoms with E-state index in [0.29, 0.717) is 0 Å². The maximum atomic E-state index is 2.36.